The van der Waals surface area contributed by atoms with Gasteiger partial charge in [-0.15, -0.1) is 11.3 Å². The van der Waals surface area contributed by atoms with Crippen molar-refractivity contribution in [2.45, 2.75) is 13.3 Å². The molecule has 3 aromatic rings. The number of halogens is 1. The van der Waals surface area contributed by atoms with Gasteiger partial charge >= 0.3 is 11.9 Å². The number of carbonyl (C=O) groups excluding carboxylic acids is 2. The van der Waals surface area contributed by atoms with Crippen LogP contribution in [0.3, 0.4) is 0 Å². The molecule has 0 saturated heterocycles. The number of hydrogen-bond donors (Lipinski definition) is 0. The number of carbonyl (C=O) groups is 2. The van der Waals surface area contributed by atoms with Crippen LogP contribution in [0.2, 0.25) is 0 Å². The average molecular weight is 385 g/mol. The first-order valence-electron chi connectivity index (χ1n) is 8.07. The summed E-state index contributed by atoms with van der Waals surface area (Å²) in [4.78, 5) is 28.9. The number of aryl methyl sites for hydroxylation is 1. The maximum Gasteiger partial charge on any atom is 0.337 e. The van der Waals surface area contributed by atoms with Crippen molar-refractivity contribution in [3.8, 4) is 17.0 Å². The van der Waals surface area contributed by atoms with Gasteiger partial charge in [0, 0.05) is 10.4 Å². The van der Waals surface area contributed by atoms with E-state index >= 15 is 0 Å². The molecule has 0 fully saturated rings. The third kappa shape index (κ3) is 4.57. The highest BCUT2D eigenvalue weighted by atomic mass is 32.1. The summed E-state index contributed by atoms with van der Waals surface area (Å²) in [6, 6.07) is 12.1. The van der Waals surface area contributed by atoms with Gasteiger partial charge in [-0.1, -0.05) is 0 Å². The van der Waals surface area contributed by atoms with Crippen LogP contribution in [0.25, 0.3) is 11.3 Å². The predicted octanol–water partition coefficient (Wildman–Crippen LogP) is 4.19. The molecule has 5 nitrogen and oxygen atoms in total. The lowest BCUT2D eigenvalue weighted by Gasteiger charge is -2.06. The monoisotopic (exact) mass is 385 g/mol. The van der Waals surface area contributed by atoms with Gasteiger partial charge in [-0.3, -0.25) is 4.79 Å². The van der Waals surface area contributed by atoms with E-state index in [0.29, 0.717) is 17.0 Å². The molecule has 0 spiro atoms. The van der Waals surface area contributed by atoms with E-state index in [2.05, 4.69) is 9.72 Å². The molecule has 0 N–H and O–H groups in total. The van der Waals surface area contributed by atoms with E-state index in [0.717, 1.165) is 15.4 Å². The fourth-order valence-electron chi connectivity index (χ4n) is 2.50. The van der Waals surface area contributed by atoms with E-state index in [1.807, 2.05) is 6.92 Å². The Bertz CT molecular complexity index is 965. The predicted molar refractivity (Wildman–Crippen MR) is 99.4 cm³/mol. The molecule has 0 unspecified atom stereocenters. The Morgan fingerprint density at radius 2 is 1.74 bits per heavy atom. The van der Waals surface area contributed by atoms with E-state index in [4.69, 9.17) is 4.74 Å². The van der Waals surface area contributed by atoms with Crippen LogP contribution in [-0.2, 0) is 16.0 Å². The van der Waals surface area contributed by atoms with Crippen molar-refractivity contribution in [2.24, 2.45) is 0 Å². The van der Waals surface area contributed by atoms with E-state index in [1.54, 1.807) is 12.1 Å². The second kappa shape index (κ2) is 8.09. The minimum absolute atomic E-state index is 0.0387. The lowest BCUT2D eigenvalue weighted by Crippen LogP contribution is -2.11. The Kier molecular flexibility index (Phi) is 5.61. The Labute approximate surface area is 159 Å². The molecule has 138 valence electrons. The Hall–Kier alpha value is -3.06. The maximum absolute atomic E-state index is 13.1. The molecule has 0 aliphatic carbocycles. The highest BCUT2D eigenvalue weighted by Crippen LogP contribution is 2.29. The summed E-state index contributed by atoms with van der Waals surface area (Å²) in [6.07, 6.45) is 0.0387. The first kappa shape index (κ1) is 18.7. The quantitative estimate of drug-likeness (QED) is 0.487. The summed E-state index contributed by atoms with van der Waals surface area (Å²) in [6.45, 7) is 1.85. The average Bonchev–Trinajstić information content (AvgIpc) is 3.02. The fraction of sp³-hybridized carbons (Fsp3) is 0.150. The summed E-state index contributed by atoms with van der Waals surface area (Å²) in [5, 5.41) is 0.805. The Morgan fingerprint density at radius 1 is 1.07 bits per heavy atom. The topological polar surface area (TPSA) is 65.5 Å². The summed E-state index contributed by atoms with van der Waals surface area (Å²) in [7, 11) is 1.30. The van der Waals surface area contributed by atoms with Crippen molar-refractivity contribution < 1.29 is 23.5 Å². The molecule has 0 amide bonds. The van der Waals surface area contributed by atoms with Crippen LogP contribution in [0.15, 0.2) is 48.5 Å². The number of aromatic nitrogens is 1. The first-order valence-corrected chi connectivity index (χ1v) is 8.89. The summed E-state index contributed by atoms with van der Waals surface area (Å²) in [5.74, 6) is -0.913. The van der Waals surface area contributed by atoms with Crippen LogP contribution in [0.4, 0.5) is 4.39 Å². The van der Waals surface area contributed by atoms with E-state index in [1.165, 1.54) is 54.8 Å². The molecule has 0 aliphatic heterocycles. The van der Waals surface area contributed by atoms with Crippen LogP contribution in [0, 0.1) is 12.7 Å². The third-order valence-corrected chi connectivity index (χ3v) is 4.70. The van der Waals surface area contributed by atoms with Crippen molar-refractivity contribution in [3.05, 3.63) is 69.8 Å². The lowest BCUT2D eigenvalue weighted by molar-refractivity contribution is -0.133. The van der Waals surface area contributed by atoms with Crippen molar-refractivity contribution in [1.82, 2.24) is 4.98 Å². The SMILES string of the molecule is COC(=O)c1ccc(OC(=O)Cc2sc(C)nc2-c2ccc(F)cc2)cc1. The highest BCUT2D eigenvalue weighted by molar-refractivity contribution is 7.12. The molecule has 0 saturated carbocycles. The van der Waals surface area contributed by atoms with Crippen molar-refractivity contribution in [1.29, 1.82) is 0 Å². The van der Waals surface area contributed by atoms with Crippen LogP contribution < -0.4 is 4.74 Å². The molecule has 0 atom stereocenters. The molecule has 27 heavy (non-hydrogen) atoms. The van der Waals surface area contributed by atoms with Crippen molar-refractivity contribution in [2.75, 3.05) is 7.11 Å². The van der Waals surface area contributed by atoms with Gasteiger partial charge in [0.05, 0.1) is 29.8 Å². The number of benzene rings is 2. The van der Waals surface area contributed by atoms with Crippen molar-refractivity contribution in [3.63, 3.8) is 0 Å². The zero-order chi connectivity index (χ0) is 19.4. The molecule has 1 aromatic heterocycles. The molecule has 0 radical (unpaired) electrons. The molecule has 3 rings (SSSR count). The largest absolute Gasteiger partial charge is 0.465 e. The van der Waals surface area contributed by atoms with Crippen LogP contribution in [-0.4, -0.2) is 24.0 Å². The van der Waals surface area contributed by atoms with Crippen LogP contribution >= 0.6 is 11.3 Å². The minimum Gasteiger partial charge on any atom is -0.465 e. The first-order chi connectivity index (χ1) is 13.0. The van der Waals surface area contributed by atoms with Gasteiger partial charge in [0.1, 0.15) is 11.6 Å². The molecule has 0 aliphatic rings. The van der Waals surface area contributed by atoms with Gasteiger partial charge in [-0.25, -0.2) is 14.2 Å². The van der Waals surface area contributed by atoms with Crippen molar-refractivity contribution >= 4 is 23.3 Å². The molecule has 0 bridgehead atoms. The van der Waals surface area contributed by atoms with Gasteiger partial charge in [0.15, 0.2) is 0 Å². The molecule has 7 heteroatoms. The highest BCUT2D eigenvalue weighted by Gasteiger charge is 2.16. The van der Waals surface area contributed by atoms with Gasteiger partial charge in [0.25, 0.3) is 0 Å². The number of methoxy groups -OCH3 is 1. The van der Waals surface area contributed by atoms with Crippen LogP contribution in [0.5, 0.6) is 5.75 Å². The second-order valence-electron chi connectivity index (χ2n) is 5.68. The Balaban J connectivity index is 1.73. The van der Waals surface area contributed by atoms with Gasteiger partial charge in [-0.2, -0.15) is 0 Å². The number of rotatable bonds is 5. The minimum atomic E-state index is -0.461. The second-order valence-corrected chi connectivity index (χ2v) is 6.97. The van der Waals surface area contributed by atoms with E-state index in [9.17, 15) is 14.0 Å². The fourth-order valence-corrected chi connectivity index (χ4v) is 3.44. The van der Waals surface area contributed by atoms with E-state index in [-0.39, 0.29) is 12.2 Å². The summed E-state index contributed by atoms with van der Waals surface area (Å²) in [5.41, 5.74) is 1.76. The molecular formula is C20H16FNO4S. The third-order valence-electron chi connectivity index (χ3n) is 3.73. The smallest absolute Gasteiger partial charge is 0.337 e. The van der Waals surface area contributed by atoms with Crippen LogP contribution in [0.1, 0.15) is 20.2 Å². The van der Waals surface area contributed by atoms with Gasteiger partial charge in [-0.05, 0) is 55.5 Å². The number of hydrogen-bond acceptors (Lipinski definition) is 6. The number of esters is 2. The molecule has 2 aromatic carbocycles. The zero-order valence-electron chi connectivity index (χ0n) is 14.7. The normalized spacial score (nSPS) is 10.5. The zero-order valence-corrected chi connectivity index (χ0v) is 15.5. The van der Waals surface area contributed by atoms with E-state index < -0.39 is 11.9 Å². The Morgan fingerprint density at radius 3 is 2.37 bits per heavy atom. The summed E-state index contributed by atoms with van der Waals surface area (Å²) >= 11 is 1.39. The molecular weight excluding hydrogens is 369 g/mol. The number of nitrogens with zero attached hydrogens (tertiary/aromatic N) is 1. The maximum atomic E-state index is 13.1. The lowest BCUT2D eigenvalue weighted by atomic mass is 10.1. The molecule has 1 heterocycles. The summed E-state index contributed by atoms with van der Waals surface area (Å²) < 4.78 is 23.1. The number of thiazole rings is 1. The standard InChI is InChI=1S/C20H16FNO4S/c1-12-22-19(13-3-7-15(21)8-4-13)17(27-12)11-18(23)26-16-9-5-14(6-10-16)20(24)25-2/h3-10H,11H2,1-2H3. The van der Waals surface area contributed by atoms with Gasteiger partial charge in [0.2, 0.25) is 0 Å². The van der Waals surface area contributed by atoms with Gasteiger partial charge < -0.3 is 9.47 Å². The number of ether oxygens (including phenoxy) is 2.